The van der Waals surface area contributed by atoms with Gasteiger partial charge in [-0.25, -0.2) is 9.67 Å². The van der Waals surface area contributed by atoms with Crippen LogP contribution < -0.4 is 0 Å². The standard InChI is InChI=1S/C16H13N5O/c1-20(2)16(22)12-10-18-21(14(12)9-17)15-8-7-11-5-3-4-6-13(11)19-15/h3-8,10H,1-2H3. The molecule has 0 atom stereocenters. The molecule has 2 aromatic heterocycles. The number of para-hydroxylation sites is 1. The lowest BCUT2D eigenvalue weighted by molar-refractivity contribution is 0.0827. The van der Waals surface area contributed by atoms with Crippen molar-refractivity contribution in [2.75, 3.05) is 14.1 Å². The van der Waals surface area contributed by atoms with Gasteiger partial charge in [-0.15, -0.1) is 0 Å². The maximum Gasteiger partial charge on any atom is 0.257 e. The van der Waals surface area contributed by atoms with E-state index in [1.807, 2.05) is 36.4 Å². The zero-order chi connectivity index (χ0) is 15.7. The number of nitriles is 1. The number of amides is 1. The Balaban J connectivity index is 2.15. The summed E-state index contributed by atoms with van der Waals surface area (Å²) in [6, 6.07) is 13.4. The Morgan fingerprint density at radius 1 is 1.23 bits per heavy atom. The summed E-state index contributed by atoms with van der Waals surface area (Å²) in [7, 11) is 3.27. The van der Waals surface area contributed by atoms with Crippen LogP contribution in [0.25, 0.3) is 16.7 Å². The number of hydrogen-bond acceptors (Lipinski definition) is 4. The highest BCUT2D eigenvalue weighted by Crippen LogP contribution is 2.17. The topological polar surface area (TPSA) is 74.8 Å². The molecule has 0 bridgehead atoms. The van der Waals surface area contributed by atoms with Gasteiger partial charge in [0.05, 0.1) is 17.3 Å². The van der Waals surface area contributed by atoms with E-state index in [4.69, 9.17) is 0 Å². The van der Waals surface area contributed by atoms with E-state index in [-0.39, 0.29) is 17.2 Å². The fourth-order valence-electron chi connectivity index (χ4n) is 2.20. The van der Waals surface area contributed by atoms with Crippen LogP contribution in [-0.2, 0) is 0 Å². The third-order valence-corrected chi connectivity index (χ3v) is 3.31. The Bertz CT molecular complexity index is 904. The highest BCUT2D eigenvalue weighted by molar-refractivity contribution is 5.95. The summed E-state index contributed by atoms with van der Waals surface area (Å²) >= 11 is 0. The van der Waals surface area contributed by atoms with Crippen molar-refractivity contribution >= 4 is 16.8 Å². The van der Waals surface area contributed by atoms with E-state index in [0.717, 1.165) is 10.9 Å². The van der Waals surface area contributed by atoms with Gasteiger partial charge in [0.25, 0.3) is 5.91 Å². The number of carbonyl (C=O) groups excluding carboxylic acids is 1. The van der Waals surface area contributed by atoms with Crippen LogP contribution in [0.15, 0.2) is 42.6 Å². The first-order valence-electron chi connectivity index (χ1n) is 6.68. The molecule has 0 fully saturated rings. The van der Waals surface area contributed by atoms with Crippen molar-refractivity contribution < 1.29 is 4.79 Å². The molecular formula is C16H13N5O. The van der Waals surface area contributed by atoms with Gasteiger partial charge in [-0.05, 0) is 18.2 Å². The van der Waals surface area contributed by atoms with Gasteiger partial charge in [0, 0.05) is 19.5 Å². The van der Waals surface area contributed by atoms with Crippen LogP contribution in [0.5, 0.6) is 0 Å². The van der Waals surface area contributed by atoms with E-state index in [9.17, 15) is 10.1 Å². The Labute approximate surface area is 127 Å². The van der Waals surface area contributed by atoms with Crippen molar-refractivity contribution in [1.29, 1.82) is 5.26 Å². The quantitative estimate of drug-likeness (QED) is 0.723. The van der Waals surface area contributed by atoms with Crippen molar-refractivity contribution in [1.82, 2.24) is 19.7 Å². The van der Waals surface area contributed by atoms with Crippen molar-refractivity contribution in [3.05, 3.63) is 53.9 Å². The van der Waals surface area contributed by atoms with Gasteiger partial charge in [-0.3, -0.25) is 4.79 Å². The molecule has 6 heteroatoms. The average molecular weight is 291 g/mol. The van der Waals surface area contributed by atoms with Gasteiger partial charge >= 0.3 is 0 Å². The first-order valence-corrected chi connectivity index (χ1v) is 6.68. The van der Waals surface area contributed by atoms with Crippen LogP contribution in [-0.4, -0.2) is 39.7 Å². The highest BCUT2D eigenvalue weighted by atomic mass is 16.2. The van der Waals surface area contributed by atoms with Crippen LogP contribution in [0.1, 0.15) is 16.1 Å². The van der Waals surface area contributed by atoms with Crippen LogP contribution in [0.2, 0.25) is 0 Å². The van der Waals surface area contributed by atoms with Gasteiger partial charge in [0.2, 0.25) is 0 Å². The van der Waals surface area contributed by atoms with E-state index in [0.29, 0.717) is 5.82 Å². The molecule has 0 spiro atoms. The molecule has 0 radical (unpaired) electrons. The molecule has 6 nitrogen and oxygen atoms in total. The SMILES string of the molecule is CN(C)C(=O)c1cnn(-c2ccc3ccccc3n2)c1C#N. The number of aromatic nitrogens is 3. The van der Waals surface area contributed by atoms with Crippen molar-refractivity contribution in [3.63, 3.8) is 0 Å². The molecule has 1 aromatic carbocycles. The molecule has 0 unspecified atom stereocenters. The third kappa shape index (κ3) is 2.19. The minimum Gasteiger partial charge on any atom is -0.345 e. The second-order valence-electron chi connectivity index (χ2n) is 4.99. The number of rotatable bonds is 2. The second-order valence-corrected chi connectivity index (χ2v) is 4.99. The van der Waals surface area contributed by atoms with E-state index < -0.39 is 0 Å². The normalized spacial score (nSPS) is 10.4. The fraction of sp³-hybridized carbons (Fsp3) is 0.125. The lowest BCUT2D eigenvalue weighted by Gasteiger charge is -2.09. The van der Waals surface area contributed by atoms with Crippen LogP contribution >= 0.6 is 0 Å². The molecule has 3 rings (SSSR count). The fourth-order valence-corrected chi connectivity index (χ4v) is 2.20. The maximum absolute atomic E-state index is 12.1. The maximum atomic E-state index is 12.1. The first-order chi connectivity index (χ1) is 10.6. The van der Waals surface area contributed by atoms with Crippen molar-refractivity contribution in [2.24, 2.45) is 0 Å². The van der Waals surface area contributed by atoms with Crippen LogP contribution in [0.3, 0.4) is 0 Å². The van der Waals surface area contributed by atoms with E-state index in [2.05, 4.69) is 10.1 Å². The van der Waals surface area contributed by atoms with Crippen molar-refractivity contribution in [2.45, 2.75) is 0 Å². The number of fused-ring (bicyclic) bond motifs is 1. The summed E-state index contributed by atoms with van der Waals surface area (Å²) in [6.45, 7) is 0. The molecule has 108 valence electrons. The van der Waals surface area contributed by atoms with E-state index in [1.54, 1.807) is 20.2 Å². The molecule has 0 saturated carbocycles. The molecule has 0 aliphatic carbocycles. The molecule has 2 heterocycles. The van der Waals surface area contributed by atoms with Gasteiger partial charge in [0.1, 0.15) is 6.07 Å². The molecular weight excluding hydrogens is 278 g/mol. The number of carbonyl (C=O) groups is 1. The summed E-state index contributed by atoms with van der Waals surface area (Å²) in [4.78, 5) is 18.0. The molecule has 0 N–H and O–H groups in total. The summed E-state index contributed by atoms with van der Waals surface area (Å²) in [6.07, 6.45) is 1.40. The second kappa shape index (κ2) is 5.30. The summed E-state index contributed by atoms with van der Waals surface area (Å²) in [5, 5.41) is 14.5. The minimum absolute atomic E-state index is 0.182. The van der Waals surface area contributed by atoms with E-state index in [1.165, 1.54) is 15.8 Å². The predicted molar refractivity (Wildman–Crippen MR) is 81.6 cm³/mol. The average Bonchev–Trinajstić information content (AvgIpc) is 2.97. The third-order valence-electron chi connectivity index (χ3n) is 3.31. The Hall–Kier alpha value is -3.20. The van der Waals surface area contributed by atoms with Crippen LogP contribution in [0, 0.1) is 11.3 Å². The zero-order valence-corrected chi connectivity index (χ0v) is 12.2. The predicted octanol–water partition coefficient (Wildman–Crippen LogP) is 1.99. The Morgan fingerprint density at radius 3 is 2.73 bits per heavy atom. The Morgan fingerprint density at radius 2 is 2.00 bits per heavy atom. The van der Waals surface area contributed by atoms with Gasteiger partial charge in [-0.1, -0.05) is 18.2 Å². The van der Waals surface area contributed by atoms with Gasteiger partial charge in [-0.2, -0.15) is 10.4 Å². The molecule has 22 heavy (non-hydrogen) atoms. The molecule has 0 saturated heterocycles. The summed E-state index contributed by atoms with van der Waals surface area (Å²) < 4.78 is 1.39. The number of benzene rings is 1. The number of hydrogen-bond donors (Lipinski definition) is 0. The van der Waals surface area contributed by atoms with Crippen LogP contribution in [0.4, 0.5) is 0 Å². The highest BCUT2D eigenvalue weighted by Gasteiger charge is 2.20. The van der Waals surface area contributed by atoms with E-state index >= 15 is 0 Å². The number of nitrogens with zero attached hydrogens (tertiary/aromatic N) is 5. The lowest BCUT2D eigenvalue weighted by Crippen LogP contribution is -2.22. The molecule has 3 aromatic rings. The Kier molecular flexibility index (Phi) is 3.31. The monoisotopic (exact) mass is 291 g/mol. The molecule has 1 amide bonds. The van der Waals surface area contributed by atoms with Crippen molar-refractivity contribution in [3.8, 4) is 11.9 Å². The minimum atomic E-state index is -0.261. The lowest BCUT2D eigenvalue weighted by atomic mass is 10.2. The summed E-state index contributed by atoms with van der Waals surface area (Å²) in [5.41, 5.74) is 1.25. The van der Waals surface area contributed by atoms with Gasteiger partial charge in [0.15, 0.2) is 11.5 Å². The largest absolute Gasteiger partial charge is 0.345 e. The smallest absolute Gasteiger partial charge is 0.257 e. The molecule has 0 aliphatic heterocycles. The molecule has 0 aliphatic rings. The first kappa shape index (κ1) is 13.8. The zero-order valence-electron chi connectivity index (χ0n) is 12.2. The van der Waals surface area contributed by atoms with Gasteiger partial charge < -0.3 is 4.90 Å². The number of pyridine rings is 1. The summed E-state index contributed by atoms with van der Waals surface area (Å²) in [5.74, 6) is 0.247.